The van der Waals surface area contributed by atoms with Crippen LogP contribution in [0.3, 0.4) is 0 Å². The molecule has 0 spiro atoms. The van der Waals surface area contributed by atoms with Crippen molar-refractivity contribution in [2.24, 2.45) is 5.92 Å². The predicted molar refractivity (Wildman–Crippen MR) is 236 cm³/mol. The molecule has 0 bridgehead atoms. The molecule has 0 aromatic carbocycles. The summed E-state index contributed by atoms with van der Waals surface area (Å²) < 4.78 is 47.5. The Bertz CT molecular complexity index is 1370. The highest BCUT2D eigenvalue weighted by atomic mass is 31.2. The molecule has 0 aromatic heterocycles. The van der Waals surface area contributed by atoms with Crippen molar-refractivity contribution in [1.29, 1.82) is 0 Å². The molecule has 0 radical (unpaired) electrons. The number of aliphatic hydroxyl groups is 2. The Morgan fingerprint density at radius 1 is 0.567 bits per heavy atom. The van der Waals surface area contributed by atoms with E-state index in [4.69, 9.17) is 23.8 Å². The second-order valence-electron chi connectivity index (χ2n) is 14.9. The summed E-state index contributed by atoms with van der Waals surface area (Å²) in [7, 11) is -9.77. The molecule has 0 fully saturated rings. The van der Waals surface area contributed by atoms with Gasteiger partial charge in [-0.1, -0.05) is 158 Å². The summed E-state index contributed by atoms with van der Waals surface area (Å²) in [6.45, 7) is 3.64. The Hall–Kier alpha value is -2.48. The van der Waals surface area contributed by atoms with Gasteiger partial charge in [-0.15, -0.1) is 0 Å². The van der Waals surface area contributed by atoms with Crippen molar-refractivity contribution in [3.8, 4) is 0 Å². The summed E-state index contributed by atoms with van der Waals surface area (Å²) in [6.07, 6.45) is 36.7. The minimum Gasteiger partial charge on any atom is -0.462 e. The molecule has 0 aliphatic heterocycles. The number of allylic oxidation sites excluding steroid dienone is 11. The highest BCUT2D eigenvalue weighted by Gasteiger charge is 2.28. The van der Waals surface area contributed by atoms with Crippen LogP contribution in [0.4, 0.5) is 0 Å². The summed E-state index contributed by atoms with van der Waals surface area (Å²) in [5.74, 6) is -0.559. The van der Waals surface area contributed by atoms with Crippen molar-refractivity contribution < 1.29 is 66.7 Å². The minimum absolute atomic E-state index is 0.0158. The van der Waals surface area contributed by atoms with E-state index in [0.717, 1.165) is 57.3 Å². The van der Waals surface area contributed by atoms with Crippen LogP contribution in [0.25, 0.3) is 0 Å². The Labute approximate surface area is 359 Å². The van der Waals surface area contributed by atoms with Crippen LogP contribution in [0.2, 0.25) is 0 Å². The highest BCUT2D eigenvalue weighted by Crippen LogP contribution is 2.43. The summed E-state index contributed by atoms with van der Waals surface area (Å²) in [6, 6.07) is 0. The molecular formula is C44H76O14P2. The fourth-order valence-electron chi connectivity index (χ4n) is 5.35. The molecular weight excluding hydrogens is 814 g/mol. The molecule has 5 N–H and O–H groups in total. The van der Waals surface area contributed by atoms with E-state index >= 15 is 0 Å². The van der Waals surface area contributed by atoms with Crippen LogP contribution in [-0.2, 0) is 41.8 Å². The molecule has 0 saturated heterocycles. The Balaban J connectivity index is 4.78. The fraction of sp³-hybridized carbons (Fsp3) is 0.682. The first-order chi connectivity index (χ1) is 28.6. The minimum atomic E-state index is -4.89. The SMILES string of the molecule is CC/C=C\C/C=C\C/C=C\C/C=C\C/C=C\C=C/C(O)CCC(=O)O[C@H](COC(=O)CCCCCCCCCCCCC(C)C)COP(=O)(O)OC[C@@H](O)COP(=O)(O)O. The number of phosphoric ester groups is 2. The summed E-state index contributed by atoms with van der Waals surface area (Å²) in [4.78, 5) is 52.7. The van der Waals surface area contributed by atoms with Crippen LogP contribution >= 0.6 is 15.6 Å². The molecule has 14 nitrogen and oxygen atoms in total. The molecule has 0 heterocycles. The van der Waals surface area contributed by atoms with Crippen molar-refractivity contribution in [1.82, 2.24) is 0 Å². The first-order valence-electron chi connectivity index (χ1n) is 21.6. The molecule has 0 amide bonds. The van der Waals surface area contributed by atoms with E-state index in [1.54, 1.807) is 12.2 Å². The average Bonchev–Trinajstić information content (AvgIpc) is 3.19. The summed E-state index contributed by atoms with van der Waals surface area (Å²) in [5, 5.41) is 20.1. The quantitative estimate of drug-likeness (QED) is 0.0128. The van der Waals surface area contributed by atoms with Gasteiger partial charge in [0.1, 0.15) is 12.7 Å². The molecule has 60 heavy (non-hydrogen) atoms. The first kappa shape index (κ1) is 57.5. The van der Waals surface area contributed by atoms with E-state index < -0.39 is 72.3 Å². The maximum atomic E-state index is 12.7. The van der Waals surface area contributed by atoms with Crippen LogP contribution < -0.4 is 0 Å². The lowest BCUT2D eigenvalue weighted by Crippen LogP contribution is -2.30. The van der Waals surface area contributed by atoms with Crippen LogP contribution in [-0.4, -0.2) is 81.6 Å². The lowest BCUT2D eigenvalue weighted by atomic mass is 10.0. The largest absolute Gasteiger partial charge is 0.472 e. The van der Waals surface area contributed by atoms with Gasteiger partial charge in [-0.3, -0.25) is 23.2 Å². The lowest BCUT2D eigenvalue weighted by Gasteiger charge is -2.20. The zero-order chi connectivity index (χ0) is 44.7. The third-order valence-electron chi connectivity index (χ3n) is 8.65. The maximum Gasteiger partial charge on any atom is 0.472 e. The number of hydrogen-bond donors (Lipinski definition) is 5. The van der Waals surface area contributed by atoms with Gasteiger partial charge in [0.05, 0.1) is 25.9 Å². The molecule has 0 saturated carbocycles. The second kappa shape index (κ2) is 38.2. The van der Waals surface area contributed by atoms with Gasteiger partial charge < -0.3 is 34.4 Å². The van der Waals surface area contributed by atoms with Gasteiger partial charge >= 0.3 is 27.6 Å². The van der Waals surface area contributed by atoms with Crippen molar-refractivity contribution in [3.05, 3.63) is 72.9 Å². The zero-order valence-electron chi connectivity index (χ0n) is 36.3. The number of esters is 2. The van der Waals surface area contributed by atoms with E-state index in [1.807, 2.05) is 12.2 Å². The van der Waals surface area contributed by atoms with Crippen LogP contribution in [0.15, 0.2) is 72.9 Å². The first-order valence-corrected chi connectivity index (χ1v) is 24.6. The topological polar surface area (TPSA) is 216 Å². The summed E-state index contributed by atoms with van der Waals surface area (Å²) in [5.41, 5.74) is 0. The Kier molecular flexibility index (Phi) is 36.6. The van der Waals surface area contributed by atoms with Crippen molar-refractivity contribution >= 4 is 27.6 Å². The number of carbonyl (C=O) groups excluding carboxylic acids is 2. The number of ether oxygens (including phenoxy) is 2. The molecule has 4 atom stereocenters. The average molecular weight is 891 g/mol. The van der Waals surface area contributed by atoms with Gasteiger partial charge in [0.15, 0.2) is 6.10 Å². The molecule has 0 aliphatic carbocycles. The number of phosphoric acid groups is 2. The fourth-order valence-corrected chi connectivity index (χ4v) is 6.50. The molecule has 0 aliphatic rings. The number of aliphatic hydroxyl groups excluding tert-OH is 2. The summed E-state index contributed by atoms with van der Waals surface area (Å²) >= 11 is 0. The van der Waals surface area contributed by atoms with Crippen LogP contribution in [0.5, 0.6) is 0 Å². The predicted octanol–water partition coefficient (Wildman–Crippen LogP) is 9.83. The maximum absolute atomic E-state index is 12.7. The van der Waals surface area contributed by atoms with Gasteiger partial charge in [0.25, 0.3) is 0 Å². The van der Waals surface area contributed by atoms with E-state index in [0.29, 0.717) is 12.8 Å². The number of carbonyl (C=O) groups is 2. The monoisotopic (exact) mass is 890 g/mol. The van der Waals surface area contributed by atoms with E-state index in [2.05, 4.69) is 72.4 Å². The molecule has 16 heteroatoms. The van der Waals surface area contributed by atoms with Gasteiger partial charge in [-0.2, -0.15) is 0 Å². The van der Waals surface area contributed by atoms with Gasteiger partial charge in [0.2, 0.25) is 0 Å². The van der Waals surface area contributed by atoms with Gasteiger partial charge in [-0.05, 0) is 50.9 Å². The standard InChI is InChI=1S/C44H76O14P2/c1-4-5-6-7-8-9-10-11-12-13-14-15-19-22-25-28-31-40(45)33-34-44(48)58-42(38-57-60(52,53)56-36-41(46)35-55-59(49,50)51)37-54-43(47)32-29-26-23-20-17-16-18-21-24-27-30-39(2)3/h5-6,8-9,11-12,14-15,22,25,28,31,39-42,45-46H,4,7,10,13,16-21,23-24,26-27,29-30,32-38H2,1-3H3,(H,52,53)(H2,49,50,51)/b6-5-,9-8-,12-11-,15-14-,25-22-,31-28-/t40?,41-,42+/m0/s1. The number of rotatable bonds is 39. The molecule has 346 valence electrons. The van der Waals surface area contributed by atoms with Crippen molar-refractivity contribution in [2.75, 3.05) is 26.4 Å². The Morgan fingerprint density at radius 2 is 1.07 bits per heavy atom. The van der Waals surface area contributed by atoms with Gasteiger partial charge in [0, 0.05) is 12.8 Å². The van der Waals surface area contributed by atoms with E-state index in [9.17, 15) is 33.8 Å². The molecule has 0 aromatic rings. The highest BCUT2D eigenvalue weighted by molar-refractivity contribution is 7.47. The smallest absolute Gasteiger partial charge is 0.462 e. The third kappa shape index (κ3) is 42.2. The normalized spacial score (nSPS) is 15.3. The zero-order valence-corrected chi connectivity index (χ0v) is 38.1. The van der Waals surface area contributed by atoms with Gasteiger partial charge in [-0.25, -0.2) is 9.13 Å². The third-order valence-corrected chi connectivity index (χ3v) is 10.1. The Morgan fingerprint density at radius 3 is 1.62 bits per heavy atom. The lowest BCUT2D eigenvalue weighted by molar-refractivity contribution is -0.161. The van der Waals surface area contributed by atoms with Crippen molar-refractivity contribution in [3.63, 3.8) is 0 Å². The van der Waals surface area contributed by atoms with Crippen LogP contribution in [0.1, 0.15) is 143 Å². The second-order valence-corrected chi connectivity index (χ2v) is 17.6. The molecule has 2 unspecified atom stereocenters. The number of hydrogen-bond acceptors (Lipinski definition) is 11. The van der Waals surface area contributed by atoms with Crippen LogP contribution in [0, 0.1) is 5.92 Å². The molecule has 0 rings (SSSR count). The van der Waals surface area contributed by atoms with E-state index in [-0.39, 0.29) is 19.3 Å². The van der Waals surface area contributed by atoms with E-state index in [1.165, 1.54) is 44.6 Å². The number of unbranched alkanes of at least 4 members (excludes halogenated alkanes) is 9. The van der Waals surface area contributed by atoms with Crippen molar-refractivity contribution in [2.45, 2.75) is 161 Å².